The Morgan fingerprint density at radius 3 is 2.33 bits per heavy atom. The fourth-order valence-corrected chi connectivity index (χ4v) is 3.81. The van der Waals surface area contributed by atoms with Crippen molar-refractivity contribution in [1.82, 2.24) is 9.13 Å². The van der Waals surface area contributed by atoms with E-state index < -0.39 is 15.4 Å². The second kappa shape index (κ2) is 8.05. The molecule has 0 atom stereocenters. The highest BCUT2D eigenvalue weighted by Crippen LogP contribution is 2.29. The van der Waals surface area contributed by atoms with E-state index in [1.165, 1.54) is 34.3 Å². The molecule has 0 radical (unpaired) electrons. The molecule has 0 aliphatic rings. The van der Waals surface area contributed by atoms with Gasteiger partial charge in [-0.1, -0.05) is 6.92 Å². The molecule has 0 saturated carbocycles. The van der Waals surface area contributed by atoms with Gasteiger partial charge in [-0.2, -0.15) is 0 Å². The van der Waals surface area contributed by atoms with E-state index in [2.05, 4.69) is 4.99 Å². The number of phenolic OH excluding ortho intramolecular Hbond substituents is 1. The minimum absolute atomic E-state index is 0.00895. The van der Waals surface area contributed by atoms with Gasteiger partial charge in [-0.25, -0.2) is 8.42 Å². The molecule has 1 aromatic heterocycles. The summed E-state index contributed by atoms with van der Waals surface area (Å²) in [6.45, 7) is 5.69. The smallest absolute Gasteiger partial charge is 0.267 e. The number of benzene rings is 1. The van der Waals surface area contributed by atoms with E-state index in [0.717, 1.165) is 6.21 Å². The largest absolute Gasteiger partial charge is 0.506 e. The van der Waals surface area contributed by atoms with Crippen LogP contribution < -0.4 is 5.56 Å². The molecule has 146 valence electrons. The fourth-order valence-electron chi connectivity index (χ4n) is 2.49. The molecule has 2 N–H and O–H groups in total. The number of hydrogen-bond donors (Lipinski definition) is 2. The van der Waals surface area contributed by atoms with Crippen LogP contribution in [-0.4, -0.2) is 39.7 Å². The van der Waals surface area contributed by atoms with Gasteiger partial charge < -0.3 is 10.2 Å². The topological polar surface area (TPSA) is 114 Å². The number of nitrogens with zero attached hydrogens (tertiary/aromatic N) is 3. The van der Waals surface area contributed by atoms with Gasteiger partial charge in [-0.3, -0.25) is 18.9 Å². The van der Waals surface area contributed by atoms with Crippen LogP contribution in [0.5, 0.6) is 11.6 Å². The van der Waals surface area contributed by atoms with Gasteiger partial charge in [0.15, 0.2) is 14.6 Å². The number of rotatable bonds is 6. The molecule has 8 nitrogen and oxygen atoms in total. The number of hydrogen-bond acceptors (Lipinski definition) is 7. The van der Waals surface area contributed by atoms with Gasteiger partial charge in [0, 0.05) is 19.3 Å². The molecule has 27 heavy (non-hydrogen) atoms. The van der Waals surface area contributed by atoms with Crippen molar-refractivity contribution >= 4 is 34.0 Å². The second-order valence-corrected chi connectivity index (χ2v) is 8.27. The summed E-state index contributed by atoms with van der Waals surface area (Å²) in [5, 5.41) is 20.3. The van der Waals surface area contributed by atoms with E-state index in [9.17, 15) is 23.4 Å². The highest BCUT2D eigenvalue weighted by atomic mass is 32.2. The number of phenols is 1. The van der Waals surface area contributed by atoms with Crippen LogP contribution >= 0.6 is 12.2 Å². The third-order valence-corrected chi connectivity index (χ3v) is 6.26. The van der Waals surface area contributed by atoms with E-state index >= 15 is 0 Å². The Morgan fingerprint density at radius 1 is 1.15 bits per heavy atom. The van der Waals surface area contributed by atoms with Gasteiger partial charge in [-0.15, -0.1) is 0 Å². The van der Waals surface area contributed by atoms with Crippen LogP contribution in [0.25, 0.3) is 0 Å². The summed E-state index contributed by atoms with van der Waals surface area (Å²) in [6.07, 6.45) is 1.10. The first-order valence-corrected chi connectivity index (χ1v) is 10.4. The van der Waals surface area contributed by atoms with Gasteiger partial charge in [0.25, 0.3) is 5.56 Å². The molecule has 1 heterocycles. The van der Waals surface area contributed by atoms with Crippen molar-refractivity contribution in [3.05, 3.63) is 38.9 Å². The molecule has 0 amide bonds. The van der Waals surface area contributed by atoms with Crippen molar-refractivity contribution in [1.29, 1.82) is 0 Å². The molecule has 1 aromatic carbocycles. The quantitative estimate of drug-likeness (QED) is 0.557. The summed E-state index contributed by atoms with van der Waals surface area (Å²) in [5.74, 6) is -0.683. The second-order valence-electron chi connectivity index (χ2n) is 5.63. The average Bonchev–Trinajstić information content (AvgIpc) is 2.63. The first-order valence-electron chi connectivity index (χ1n) is 8.34. The summed E-state index contributed by atoms with van der Waals surface area (Å²) in [4.78, 5) is 16.6. The number of aromatic nitrogens is 2. The standard InChI is InChI=1S/C17H21N3O5S2/c1-4-19-15(22)12(16(23)20(5-2)17(19)26)10-18-13-9-11(7-8-14(13)21)27(24,25)6-3/h7-10,21-22H,4-6H2,1-3H3. The molecular weight excluding hydrogens is 390 g/mol. The Morgan fingerprint density at radius 2 is 1.78 bits per heavy atom. The molecule has 0 bridgehead atoms. The Bertz CT molecular complexity index is 1110. The van der Waals surface area contributed by atoms with Crippen molar-refractivity contribution in [3.8, 4) is 11.6 Å². The van der Waals surface area contributed by atoms with Gasteiger partial charge in [0.05, 0.1) is 10.6 Å². The Hall–Kier alpha value is -2.46. The van der Waals surface area contributed by atoms with Crippen LogP contribution in [0.3, 0.4) is 0 Å². The molecule has 0 aliphatic heterocycles. The lowest BCUT2D eigenvalue weighted by molar-refractivity contribution is 0.399. The molecule has 0 spiro atoms. The number of aromatic hydroxyl groups is 2. The lowest BCUT2D eigenvalue weighted by atomic mass is 10.3. The van der Waals surface area contributed by atoms with Crippen molar-refractivity contribution in [2.45, 2.75) is 38.8 Å². The number of sulfone groups is 1. The first-order chi connectivity index (χ1) is 12.7. The molecule has 0 unspecified atom stereocenters. The van der Waals surface area contributed by atoms with Crippen molar-refractivity contribution in [2.75, 3.05) is 5.75 Å². The van der Waals surface area contributed by atoms with Crippen molar-refractivity contribution in [3.63, 3.8) is 0 Å². The van der Waals surface area contributed by atoms with E-state index in [0.29, 0.717) is 13.1 Å². The van der Waals surface area contributed by atoms with Gasteiger partial charge in [0.2, 0.25) is 5.88 Å². The summed E-state index contributed by atoms with van der Waals surface area (Å²) >= 11 is 5.21. The molecule has 2 aromatic rings. The Balaban J connectivity index is 2.65. The SMILES string of the molecule is CCn1c(O)c(C=Nc2cc(S(=O)(=O)CC)ccc2O)c(=O)n(CC)c1=S. The van der Waals surface area contributed by atoms with Crippen LogP contribution in [0.15, 0.2) is 32.9 Å². The maximum atomic E-state index is 12.6. The van der Waals surface area contributed by atoms with E-state index in [4.69, 9.17) is 12.2 Å². The summed E-state index contributed by atoms with van der Waals surface area (Å²) in [5.41, 5.74) is -0.655. The van der Waals surface area contributed by atoms with Crippen LogP contribution in [0.2, 0.25) is 0 Å². The molecular formula is C17H21N3O5S2. The average molecular weight is 412 g/mol. The molecule has 0 saturated heterocycles. The van der Waals surface area contributed by atoms with Gasteiger partial charge >= 0.3 is 0 Å². The zero-order valence-electron chi connectivity index (χ0n) is 15.2. The van der Waals surface area contributed by atoms with E-state index in [1.807, 2.05) is 0 Å². The number of aliphatic imine (C=N–C) groups is 1. The van der Waals surface area contributed by atoms with Crippen molar-refractivity contribution < 1.29 is 18.6 Å². The van der Waals surface area contributed by atoms with Crippen LogP contribution in [0.4, 0.5) is 5.69 Å². The third-order valence-electron chi connectivity index (χ3n) is 4.09. The summed E-state index contributed by atoms with van der Waals surface area (Å²) in [7, 11) is -3.48. The minimum Gasteiger partial charge on any atom is -0.506 e. The highest BCUT2D eigenvalue weighted by molar-refractivity contribution is 7.91. The van der Waals surface area contributed by atoms with Crippen LogP contribution in [0, 0.1) is 4.77 Å². The molecule has 0 aliphatic carbocycles. The molecule has 2 rings (SSSR count). The van der Waals surface area contributed by atoms with Crippen LogP contribution in [0.1, 0.15) is 26.3 Å². The fraction of sp³-hybridized carbons (Fsp3) is 0.353. The normalized spacial score (nSPS) is 12.0. The predicted molar refractivity (Wildman–Crippen MR) is 106 cm³/mol. The van der Waals surface area contributed by atoms with Crippen LogP contribution in [-0.2, 0) is 22.9 Å². The van der Waals surface area contributed by atoms with E-state index in [-0.39, 0.29) is 38.3 Å². The summed E-state index contributed by atoms with van der Waals surface area (Å²) in [6, 6.07) is 3.72. The van der Waals surface area contributed by atoms with Gasteiger partial charge in [0.1, 0.15) is 17.0 Å². The zero-order chi connectivity index (χ0) is 20.4. The first kappa shape index (κ1) is 20.8. The monoisotopic (exact) mass is 411 g/mol. The molecule has 0 fully saturated rings. The third kappa shape index (κ3) is 3.96. The lowest BCUT2D eigenvalue weighted by Crippen LogP contribution is -2.27. The Kier molecular flexibility index (Phi) is 6.22. The van der Waals surface area contributed by atoms with Gasteiger partial charge in [-0.05, 0) is 44.3 Å². The summed E-state index contributed by atoms with van der Waals surface area (Å²) < 4.78 is 26.9. The maximum absolute atomic E-state index is 12.6. The minimum atomic E-state index is -3.48. The lowest BCUT2D eigenvalue weighted by Gasteiger charge is -2.13. The molecule has 10 heteroatoms. The van der Waals surface area contributed by atoms with E-state index in [1.54, 1.807) is 13.8 Å². The Labute approximate surface area is 162 Å². The van der Waals surface area contributed by atoms with Crippen molar-refractivity contribution in [2.24, 2.45) is 4.99 Å². The maximum Gasteiger partial charge on any atom is 0.267 e. The highest BCUT2D eigenvalue weighted by Gasteiger charge is 2.16. The zero-order valence-corrected chi connectivity index (χ0v) is 16.8. The predicted octanol–water partition coefficient (Wildman–Crippen LogP) is 2.37.